The molecule has 0 aromatic heterocycles. The molecule has 0 saturated heterocycles. The van der Waals surface area contributed by atoms with Crippen LogP contribution in [-0.4, -0.2) is 0 Å². The van der Waals surface area contributed by atoms with Gasteiger partial charge in [-0.15, -0.1) is 5.53 Å². The molecule has 0 amide bonds. The molecule has 3 N–H and O–H groups in total. The predicted octanol–water partition coefficient (Wildman–Crippen LogP) is 2.78. The van der Waals surface area contributed by atoms with Crippen LogP contribution in [0, 0.1) is 0 Å². The molecule has 1 aliphatic heterocycles. The summed E-state index contributed by atoms with van der Waals surface area (Å²) in [7, 11) is 0. The van der Waals surface area contributed by atoms with Gasteiger partial charge in [-0.25, -0.2) is 0 Å². The van der Waals surface area contributed by atoms with E-state index in [9.17, 15) is 0 Å². The molecule has 1 aliphatic carbocycles. The van der Waals surface area contributed by atoms with Crippen molar-refractivity contribution in [1.29, 1.82) is 0 Å². The molecule has 0 bridgehead atoms. The largest absolute Gasteiger partial charge is 0.301 e. The lowest BCUT2D eigenvalue weighted by atomic mass is 9.84. The lowest BCUT2D eigenvalue weighted by Gasteiger charge is -2.22. The standard InChI is InChI=1S/C17H17N3/c1-11-10-12-6-2-3-8-14(12)16-17(19-20-18-16)15-9-5-4-7-13(11)15/h2-9,11,18-20H,10H2,1H3. The van der Waals surface area contributed by atoms with Gasteiger partial charge in [0.25, 0.3) is 0 Å². The Bertz CT molecular complexity index is 703. The van der Waals surface area contributed by atoms with Crippen LogP contribution in [0.5, 0.6) is 0 Å². The van der Waals surface area contributed by atoms with E-state index < -0.39 is 0 Å². The van der Waals surface area contributed by atoms with Crippen molar-refractivity contribution in [2.24, 2.45) is 0 Å². The Labute approximate surface area is 118 Å². The number of hydrazine groups is 2. The number of rotatable bonds is 0. The SMILES string of the molecule is CC1Cc2ccccc2C2=C(NNN2)c2ccccc21. The zero-order valence-electron chi connectivity index (χ0n) is 11.4. The molecule has 2 aromatic rings. The third kappa shape index (κ3) is 1.63. The van der Waals surface area contributed by atoms with Gasteiger partial charge in [0.15, 0.2) is 0 Å². The number of benzene rings is 2. The van der Waals surface area contributed by atoms with Gasteiger partial charge in [-0.3, -0.25) is 0 Å². The van der Waals surface area contributed by atoms with E-state index in [1.54, 1.807) is 0 Å². The van der Waals surface area contributed by atoms with Gasteiger partial charge in [0.05, 0.1) is 11.4 Å². The van der Waals surface area contributed by atoms with Crippen molar-refractivity contribution in [3.8, 4) is 0 Å². The number of fused-ring (bicyclic) bond motifs is 4. The zero-order chi connectivity index (χ0) is 13.5. The van der Waals surface area contributed by atoms with Crippen molar-refractivity contribution in [3.63, 3.8) is 0 Å². The Kier molecular flexibility index (Phi) is 2.54. The average Bonchev–Trinajstić information content (AvgIpc) is 2.95. The molecule has 2 aliphatic rings. The minimum absolute atomic E-state index is 0.504. The van der Waals surface area contributed by atoms with Gasteiger partial charge < -0.3 is 10.9 Å². The summed E-state index contributed by atoms with van der Waals surface area (Å²) >= 11 is 0. The van der Waals surface area contributed by atoms with Crippen LogP contribution < -0.4 is 16.4 Å². The lowest BCUT2D eigenvalue weighted by molar-refractivity contribution is 0.627. The maximum atomic E-state index is 3.26. The molecule has 1 heterocycles. The quantitative estimate of drug-likeness (QED) is 0.684. The van der Waals surface area contributed by atoms with E-state index in [0.717, 1.165) is 17.8 Å². The summed E-state index contributed by atoms with van der Waals surface area (Å²) < 4.78 is 0. The van der Waals surface area contributed by atoms with Crippen molar-refractivity contribution in [2.75, 3.05) is 0 Å². The van der Waals surface area contributed by atoms with Crippen molar-refractivity contribution < 1.29 is 0 Å². The molecule has 2 aromatic carbocycles. The van der Waals surface area contributed by atoms with E-state index in [-0.39, 0.29) is 0 Å². The summed E-state index contributed by atoms with van der Waals surface area (Å²) in [6.07, 6.45) is 1.06. The first-order valence-corrected chi connectivity index (χ1v) is 7.03. The molecule has 0 saturated carbocycles. The Morgan fingerprint density at radius 1 is 0.850 bits per heavy atom. The Hall–Kier alpha value is -2.26. The third-order valence-corrected chi connectivity index (χ3v) is 4.20. The van der Waals surface area contributed by atoms with Gasteiger partial charge in [0.1, 0.15) is 0 Å². The first-order valence-electron chi connectivity index (χ1n) is 7.03. The fraction of sp³-hybridized carbons (Fsp3) is 0.176. The van der Waals surface area contributed by atoms with Crippen LogP contribution >= 0.6 is 0 Å². The van der Waals surface area contributed by atoms with E-state index in [1.807, 2.05) is 0 Å². The second-order valence-electron chi connectivity index (χ2n) is 5.47. The summed E-state index contributed by atoms with van der Waals surface area (Å²) in [5.41, 5.74) is 17.2. The van der Waals surface area contributed by atoms with E-state index in [1.165, 1.54) is 22.3 Å². The summed E-state index contributed by atoms with van der Waals surface area (Å²) in [4.78, 5) is 0. The van der Waals surface area contributed by atoms with Crippen LogP contribution in [0.15, 0.2) is 48.5 Å². The highest BCUT2D eigenvalue weighted by atomic mass is 15.6. The van der Waals surface area contributed by atoms with Crippen LogP contribution in [0.3, 0.4) is 0 Å². The highest BCUT2D eigenvalue weighted by Gasteiger charge is 2.25. The summed E-state index contributed by atoms with van der Waals surface area (Å²) in [6.45, 7) is 2.30. The molecule has 0 fully saturated rings. The average molecular weight is 263 g/mol. The predicted molar refractivity (Wildman–Crippen MR) is 81.2 cm³/mol. The highest BCUT2D eigenvalue weighted by Crippen LogP contribution is 2.36. The Balaban J connectivity index is 2.03. The molecule has 1 unspecified atom stereocenters. The van der Waals surface area contributed by atoms with Gasteiger partial charge >= 0.3 is 0 Å². The number of hydrogen-bond donors (Lipinski definition) is 3. The molecule has 100 valence electrons. The lowest BCUT2D eigenvalue weighted by Crippen LogP contribution is -2.32. The minimum atomic E-state index is 0.504. The molecule has 0 radical (unpaired) electrons. The molecule has 0 spiro atoms. The number of hydrogen-bond acceptors (Lipinski definition) is 3. The molecule has 3 nitrogen and oxygen atoms in total. The summed E-state index contributed by atoms with van der Waals surface area (Å²) in [5.74, 6) is 0.504. The van der Waals surface area contributed by atoms with E-state index >= 15 is 0 Å². The van der Waals surface area contributed by atoms with Gasteiger partial charge in [-0.2, -0.15) is 0 Å². The van der Waals surface area contributed by atoms with Crippen LogP contribution in [0.4, 0.5) is 0 Å². The van der Waals surface area contributed by atoms with Crippen LogP contribution in [0.25, 0.3) is 11.4 Å². The normalized spacial score (nSPS) is 19.9. The Morgan fingerprint density at radius 3 is 2.35 bits per heavy atom. The number of nitrogens with one attached hydrogen (secondary N) is 3. The fourth-order valence-corrected chi connectivity index (χ4v) is 3.22. The van der Waals surface area contributed by atoms with Crippen molar-refractivity contribution >= 4 is 11.4 Å². The summed E-state index contributed by atoms with van der Waals surface area (Å²) in [5, 5.41) is 0. The maximum Gasteiger partial charge on any atom is 0.0832 e. The third-order valence-electron chi connectivity index (χ3n) is 4.20. The second kappa shape index (κ2) is 4.39. The summed E-state index contributed by atoms with van der Waals surface area (Å²) in [6, 6.07) is 17.3. The van der Waals surface area contributed by atoms with Gasteiger partial charge in [0.2, 0.25) is 0 Å². The first-order chi connectivity index (χ1) is 9.84. The topological polar surface area (TPSA) is 36.1 Å². The monoisotopic (exact) mass is 263 g/mol. The van der Waals surface area contributed by atoms with Gasteiger partial charge in [0, 0.05) is 11.1 Å². The van der Waals surface area contributed by atoms with E-state index in [2.05, 4.69) is 71.8 Å². The van der Waals surface area contributed by atoms with Crippen molar-refractivity contribution in [2.45, 2.75) is 19.3 Å². The second-order valence-corrected chi connectivity index (χ2v) is 5.47. The molecular formula is C17H17N3. The van der Waals surface area contributed by atoms with Crippen LogP contribution in [0.2, 0.25) is 0 Å². The van der Waals surface area contributed by atoms with Gasteiger partial charge in [-0.1, -0.05) is 55.5 Å². The van der Waals surface area contributed by atoms with E-state index in [0.29, 0.717) is 5.92 Å². The van der Waals surface area contributed by atoms with Crippen LogP contribution in [-0.2, 0) is 6.42 Å². The molecule has 4 rings (SSSR count). The van der Waals surface area contributed by atoms with Crippen molar-refractivity contribution in [1.82, 2.24) is 16.4 Å². The first kappa shape index (κ1) is 11.6. The molecular weight excluding hydrogens is 246 g/mol. The Morgan fingerprint density at radius 2 is 1.50 bits per heavy atom. The molecule has 3 heteroatoms. The minimum Gasteiger partial charge on any atom is -0.301 e. The molecule has 1 atom stereocenters. The van der Waals surface area contributed by atoms with E-state index in [4.69, 9.17) is 0 Å². The molecule has 20 heavy (non-hydrogen) atoms. The smallest absolute Gasteiger partial charge is 0.0832 e. The van der Waals surface area contributed by atoms with Crippen LogP contribution in [0.1, 0.15) is 35.1 Å². The highest BCUT2D eigenvalue weighted by molar-refractivity contribution is 5.92. The maximum absolute atomic E-state index is 3.26. The zero-order valence-corrected chi connectivity index (χ0v) is 11.4. The fourth-order valence-electron chi connectivity index (χ4n) is 3.22. The van der Waals surface area contributed by atoms with Gasteiger partial charge in [-0.05, 0) is 23.5 Å². The van der Waals surface area contributed by atoms with Crippen molar-refractivity contribution in [3.05, 3.63) is 70.8 Å².